The molecule has 1 aliphatic heterocycles. The normalized spacial score (nSPS) is 19.8. The second-order valence-electron chi connectivity index (χ2n) is 5.63. The van der Waals surface area contributed by atoms with Crippen molar-refractivity contribution in [3.8, 4) is 0 Å². The maximum absolute atomic E-state index is 3.58. The van der Waals surface area contributed by atoms with Crippen molar-refractivity contribution >= 4 is 28.3 Å². The Kier molecular flexibility index (Phi) is 5.30. The topological polar surface area (TPSA) is 15.3 Å². The number of hydrogen-bond donors (Lipinski definition) is 1. The molecule has 1 unspecified atom stereocenters. The summed E-state index contributed by atoms with van der Waals surface area (Å²) in [4.78, 5) is 2.52. The zero-order valence-corrected chi connectivity index (χ0v) is 13.5. The molecule has 1 N–H and O–H groups in total. The van der Waals surface area contributed by atoms with Crippen LogP contribution in [-0.2, 0) is 0 Å². The van der Waals surface area contributed by atoms with Crippen LogP contribution in [-0.4, -0.2) is 26.2 Å². The molecule has 0 amide bonds. The fraction of sp³-hybridized carbons (Fsp3) is 0.600. The van der Waals surface area contributed by atoms with Gasteiger partial charge in [-0.05, 0) is 72.1 Å². The van der Waals surface area contributed by atoms with E-state index < -0.39 is 0 Å². The first-order chi connectivity index (χ1) is 8.65. The third kappa shape index (κ3) is 4.12. The molecule has 1 heterocycles. The van der Waals surface area contributed by atoms with Gasteiger partial charge in [-0.3, -0.25) is 0 Å². The molecule has 1 atom stereocenters. The van der Waals surface area contributed by atoms with Crippen molar-refractivity contribution < 1.29 is 0 Å². The van der Waals surface area contributed by atoms with Crippen LogP contribution >= 0.6 is 22.6 Å². The lowest BCUT2D eigenvalue weighted by atomic mass is 10.1. The van der Waals surface area contributed by atoms with Crippen molar-refractivity contribution in [1.29, 1.82) is 0 Å². The first-order valence-electron chi connectivity index (χ1n) is 6.86. The minimum absolute atomic E-state index is 0.748. The van der Waals surface area contributed by atoms with Gasteiger partial charge in [0, 0.05) is 22.3 Å². The van der Waals surface area contributed by atoms with Crippen LogP contribution in [0.1, 0.15) is 20.3 Å². The van der Waals surface area contributed by atoms with Gasteiger partial charge in [-0.1, -0.05) is 19.9 Å². The average molecular weight is 358 g/mol. The van der Waals surface area contributed by atoms with E-state index in [0.29, 0.717) is 0 Å². The Hall–Kier alpha value is -0.290. The maximum Gasteiger partial charge on any atom is 0.0376 e. The average Bonchev–Trinajstić information content (AvgIpc) is 2.77. The van der Waals surface area contributed by atoms with Gasteiger partial charge in [0.05, 0.1) is 0 Å². The lowest BCUT2D eigenvalue weighted by molar-refractivity contribution is 0.477. The summed E-state index contributed by atoms with van der Waals surface area (Å²) in [5.41, 5.74) is 1.38. The Morgan fingerprint density at radius 3 is 3.00 bits per heavy atom. The van der Waals surface area contributed by atoms with Crippen LogP contribution in [0.5, 0.6) is 0 Å². The van der Waals surface area contributed by atoms with Crippen molar-refractivity contribution in [1.82, 2.24) is 5.32 Å². The smallest absolute Gasteiger partial charge is 0.0376 e. The van der Waals surface area contributed by atoms with Gasteiger partial charge in [-0.25, -0.2) is 0 Å². The second-order valence-corrected chi connectivity index (χ2v) is 6.88. The Balaban J connectivity index is 1.81. The zero-order chi connectivity index (χ0) is 13.0. The lowest BCUT2D eigenvalue weighted by Crippen LogP contribution is -2.28. The van der Waals surface area contributed by atoms with E-state index >= 15 is 0 Å². The molecule has 0 spiro atoms. The van der Waals surface area contributed by atoms with Crippen molar-refractivity contribution in [3.05, 3.63) is 27.8 Å². The molecule has 3 heteroatoms. The number of benzene rings is 1. The summed E-state index contributed by atoms with van der Waals surface area (Å²) in [7, 11) is 0. The van der Waals surface area contributed by atoms with Crippen molar-refractivity contribution in [2.75, 3.05) is 31.1 Å². The predicted octanol–water partition coefficient (Wildman–Crippen LogP) is 3.36. The van der Waals surface area contributed by atoms with Crippen LogP contribution in [0.4, 0.5) is 5.69 Å². The number of nitrogens with zero attached hydrogens (tertiary/aromatic N) is 1. The summed E-state index contributed by atoms with van der Waals surface area (Å²) in [6.07, 6.45) is 1.32. The van der Waals surface area contributed by atoms with E-state index in [4.69, 9.17) is 0 Å². The molecule has 0 aromatic heterocycles. The minimum Gasteiger partial charge on any atom is -0.371 e. The Labute approximate surface area is 124 Å². The van der Waals surface area contributed by atoms with Crippen molar-refractivity contribution in [2.24, 2.45) is 11.8 Å². The SMILES string of the molecule is CC(C)CNCC1CCN(c2cccc(I)c2)C1. The number of rotatable bonds is 5. The van der Waals surface area contributed by atoms with E-state index in [1.54, 1.807) is 0 Å². The lowest BCUT2D eigenvalue weighted by Gasteiger charge is -2.19. The summed E-state index contributed by atoms with van der Waals surface area (Å²) in [5.74, 6) is 1.56. The molecule has 0 radical (unpaired) electrons. The molecule has 1 aromatic rings. The maximum atomic E-state index is 3.58. The molecule has 1 aromatic carbocycles. The van der Waals surface area contributed by atoms with Crippen LogP contribution in [0.25, 0.3) is 0 Å². The highest BCUT2D eigenvalue weighted by atomic mass is 127. The van der Waals surface area contributed by atoms with Crippen LogP contribution in [0.3, 0.4) is 0 Å². The molecule has 1 aliphatic rings. The van der Waals surface area contributed by atoms with Gasteiger partial charge < -0.3 is 10.2 Å². The molecule has 18 heavy (non-hydrogen) atoms. The largest absolute Gasteiger partial charge is 0.371 e. The zero-order valence-electron chi connectivity index (χ0n) is 11.3. The minimum atomic E-state index is 0.748. The quantitative estimate of drug-likeness (QED) is 0.812. The number of anilines is 1. The Morgan fingerprint density at radius 2 is 2.28 bits per heavy atom. The molecule has 0 aliphatic carbocycles. The molecule has 2 rings (SSSR count). The van der Waals surface area contributed by atoms with Crippen LogP contribution in [0, 0.1) is 15.4 Å². The second kappa shape index (κ2) is 6.75. The summed E-state index contributed by atoms with van der Waals surface area (Å²) in [6.45, 7) is 9.23. The van der Waals surface area contributed by atoms with Gasteiger partial charge in [0.2, 0.25) is 0 Å². The Bertz CT molecular complexity index is 379. The number of nitrogens with one attached hydrogen (secondary N) is 1. The van der Waals surface area contributed by atoms with Crippen molar-refractivity contribution in [2.45, 2.75) is 20.3 Å². The standard InChI is InChI=1S/C15H23IN2/c1-12(2)9-17-10-13-6-7-18(11-13)15-5-3-4-14(16)8-15/h3-5,8,12-13,17H,6-7,9-11H2,1-2H3. The first-order valence-corrected chi connectivity index (χ1v) is 7.94. The van der Waals surface area contributed by atoms with E-state index in [2.05, 4.69) is 70.9 Å². The number of hydrogen-bond acceptors (Lipinski definition) is 2. The van der Waals surface area contributed by atoms with Crippen LogP contribution < -0.4 is 10.2 Å². The fourth-order valence-electron chi connectivity index (χ4n) is 2.48. The molecule has 1 saturated heterocycles. The van der Waals surface area contributed by atoms with Gasteiger partial charge >= 0.3 is 0 Å². The third-order valence-electron chi connectivity index (χ3n) is 3.44. The summed E-state index contributed by atoms with van der Waals surface area (Å²) in [5, 5.41) is 3.58. The first kappa shape index (κ1) is 14.1. The molecular weight excluding hydrogens is 335 g/mol. The highest BCUT2D eigenvalue weighted by molar-refractivity contribution is 14.1. The van der Waals surface area contributed by atoms with Crippen LogP contribution in [0.2, 0.25) is 0 Å². The van der Waals surface area contributed by atoms with Gasteiger partial charge in [-0.2, -0.15) is 0 Å². The Morgan fingerprint density at radius 1 is 1.44 bits per heavy atom. The molecule has 0 saturated carbocycles. The summed E-state index contributed by atoms with van der Waals surface area (Å²) < 4.78 is 1.33. The highest BCUT2D eigenvalue weighted by Gasteiger charge is 2.22. The van der Waals surface area contributed by atoms with E-state index in [1.807, 2.05) is 0 Å². The summed E-state index contributed by atoms with van der Waals surface area (Å²) >= 11 is 2.39. The molecular formula is C15H23IN2. The van der Waals surface area contributed by atoms with E-state index in [9.17, 15) is 0 Å². The van der Waals surface area contributed by atoms with E-state index in [1.165, 1.54) is 35.3 Å². The van der Waals surface area contributed by atoms with Gasteiger partial charge in [0.15, 0.2) is 0 Å². The van der Waals surface area contributed by atoms with E-state index in [0.717, 1.165) is 18.4 Å². The summed E-state index contributed by atoms with van der Waals surface area (Å²) in [6, 6.07) is 8.82. The van der Waals surface area contributed by atoms with Gasteiger partial charge in [0.25, 0.3) is 0 Å². The van der Waals surface area contributed by atoms with Crippen molar-refractivity contribution in [3.63, 3.8) is 0 Å². The molecule has 0 bridgehead atoms. The van der Waals surface area contributed by atoms with Crippen LogP contribution in [0.15, 0.2) is 24.3 Å². The third-order valence-corrected chi connectivity index (χ3v) is 4.12. The number of halogens is 1. The fourth-order valence-corrected chi connectivity index (χ4v) is 3.01. The molecule has 2 nitrogen and oxygen atoms in total. The van der Waals surface area contributed by atoms with E-state index in [-0.39, 0.29) is 0 Å². The highest BCUT2D eigenvalue weighted by Crippen LogP contribution is 2.24. The monoisotopic (exact) mass is 358 g/mol. The van der Waals surface area contributed by atoms with Gasteiger partial charge in [0.1, 0.15) is 0 Å². The van der Waals surface area contributed by atoms with Gasteiger partial charge in [-0.15, -0.1) is 0 Å². The predicted molar refractivity (Wildman–Crippen MR) is 87.2 cm³/mol. The molecule has 1 fully saturated rings. The molecule has 100 valence electrons.